The van der Waals surface area contributed by atoms with Gasteiger partial charge in [0.1, 0.15) is 12.4 Å². The number of halogens is 1. The van der Waals surface area contributed by atoms with Gasteiger partial charge in [-0.1, -0.05) is 12.1 Å². The average Bonchev–Trinajstić information content (AvgIpc) is 3.08. The lowest BCUT2D eigenvalue weighted by molar-refractivity contribution is -0.127. The van der Waals surface area contributed by atoms with Crippen molar-refractivity contribution < 1.29 is 14.3 Å². The van der Waals surface area contributed by atoms with Crippen LogP contribution in [0.25, 0.3) is 0 Å². The number of carbonyl (C=O) groups excluding carboxylic acids is 1. The molecule has 2 N–H and O–H groups in total. The summed E-state index contributed by atoms with van der Waals surface area (Å²) in [5.74, 6) is 1.90. The SMILES string of the molecule is CCNC(=NCc1cccc(OCCOC)c1)NCCCN1CCCC1=O.I. The smallest absolute Gasteiger partial charge is 0.222 e. The summed E-state index contributed by atoms with van der Waals surface area (Å²) in [6.07, 6.45) is 2.61. The highest BCUT2D eigenvalue weighted by Crippen LogP contribution is 2.14. The maximum absolute atomic E-state index is 11.6. The Balaban J connectivity index is 0.00000392. The molecule has 2 rings (SSSR count). The summed E-state index contributed by atoms with van der Waals surface area (Å²) >= 11 is 0. The summed E-state index contributed by atoms with van der Waals surface area (Å²) in [6, 6.07) is 7.95. The van der Waals surface area contributed by atoms with Crippen molar-refractivity contribution >= 4 is 35.8 Å². The lowest BCUT2D eigenvalue weighted by atomic mass is 10.2. The molecule has 158 valence electrons. The van der Waals surface area contributed by atoms with E-state index in [2.05, 4.69) is 15.6 Å². The zero-order valence-corrected chi connectivity index (χ0v) is 19.2. The van der Waals surface area contributed by atoms with E-state index in [-0.39, 0.29) is 29.9 Å². The number of benzene rings is 1. The second kappa shape index (κ2) is 14.4. The van der Waals surface area contributed by atoms with Gasteiger partial charge in [0.05, 0.1) is 13.2 Å². The Labute approximate surface area is 185 Å². The van der Waals surface area contributed by atoms with E-state index in [4.69, 9.17) is 9.47 Å². The quantitative estimate of drug-likeness (QED) is 0.210. The van der Waals surface area contributed by atoms with Gasteiger partial charge in [0, 0.05) is 39.7 Å². The standard InChI is InChI=1S/C20H32N4O3.HI/c1-3-21-20(22-10-6-12-24-11-5-9-19(24)25)23-16-17-7-4-8-18(15-17)27-14-13-26-2;/h4,7-8,15H,3,5-6,9-14,16H2,1-2H3,(H2,21,22,23);1H. The van der Waals surface area contributed by atoms with Crippen molar-refractivity contribution in [1.29, 1.82) is 0 Å². The van der Waals surface area contributed by atoms with E-state index in [0.29, 0.717) is 26.2 Å². The molecular formula is C20H33IN4O3. The lowest BCUT2D eigenvalue weighted by Crippen LogP contribution is -2.39. The fourth-order valence-electron chi connectivity index (χ4n) is 2.91. The molecule has 0 unspecified atom stereocenters. The number of ether oxygens (including phenoxy) is 2. The maximum atomic E-state index is 11.6. The minimum atomic E-state index is 0. The number of aliphatic imine (C=N–C) groups is 1. The zero-order valence-electron chi connectivity index (χ0n) is 16.9. The zero-order chi connectivity index (χ0) is 19.3. The first kappa shape index (κ1) is 24.5. The maximum Gasteiger partial charge on any atom is 0.222 e. The van der Waals surface area contributed by atoms with E-state index in [0.717, 1.165) is 56.3 Å². The molecule has 28 heavy (non-hydrogen) atoms. The number of guanidine groups is 1. The molecule has 1 aromatic rings. The number of likely N-dealkylation sites (tertiary alicyclic amines) is 1. The molecule has 1 aliphatic rings. The van der Waals surface area contributed by atoms with Gasteiger partial charge in [0.2, 0.25) is 5.91 Å². The number of nitrogens with one attached hydrogen (secondary N) is 2. The summed E-state index contributed by atoms with van der Waals surface area (Å²) in [6.45, 7) is 7.02. The molecule has 0 aromatic heterocycles. The van der Waals surface area contributed by atoms with Gasteiger partial charge in [-0.25, -0.2) is 4.99 Å². The van der Waals surface area contributed by atoms with Crippen LogP contribution in [0.5, 0.6) is 5.75 Å². The number of hydrogen-bond donors (Lipinski definition) is 2. The first-order chi connectivity index (χ1) is 13.2. The minimum Gasteiger partial charge on any atom is -0.491 e. The molecule has 0 atom stereocenters. The van der Waals surface area contributed by atoms with Crippen LogP contribution in [0.1, 0.15) is 31.7 Å². The van der Waals surface area contributed by atoms with Crippen LogP contribution in [-0.4, -0.2) is 63.3 Å². The second-order valence-corrected chi connectivity index (χ2v) is 6.45. The Bertz CT molecular complexity index is 613. The van der Waals surface area contributed by atoms with Crippen molar-refractivity contribution in [1.82, 2.24) is 15.5 Å². The number of nitrogens with zero attached hydrogens (tertiary/aromatic N) is 2. The van der Waals surface area contributed by atoms with Gasteiger partial charge in [0.25, 0.3) is 0 Å². The van der Waals surface area contributed by atoms with Crippen LogP contribution in [-0.2, 0) is 16.1 Å². The normalized spacial score (nSPS) is 14.0. The van der Waals surface area contributed by atoms with E-state index < -0.39 is 0 Å². The van der Waals surface area contributed by atoms with Crippen molar-refractivity contribution in [2.75, 3.05) is 46.5 Å². The van der Waals surface area contributed by atoms with Gasteiger partial charge in [-0.2, -0.15) is 0 Å². The number of hydrogen-bond acceptors (Lipinski definition) is 4. The van der Waals surface area contributed by atoms with Crippen molar-refractivity contribution in [2.24, 2.45) is 4.99 Å². The predicted molar refractivity (Wildman–Crippen MR) is 122 cm³/mol. The van der Waals surface area contributed by atoms with Gasteiger partial charge < -0.3 is 25.0 Å². The molecule has 1 aliphatic heterocycles. The van der Waals surface area contributed by atoms with Crippen molar-refractivity contribution in [2.45, 2.75) is 32.7 Å². The Morgan fingerprint density at radius 2 is 2.14 bits per heavy atom. The first-order valence-electron chi connectivity index (χ1n) is 9.73. The van der Waals surface area contributed by atoms with Crippen LogP contribution < -0.4 is 15.4 Å². The number of rotatable bonds is 11. The Morgan fingerprint density at radius 3 is 2.86 bits per heavy atom. The van der Waals surface area contributed by atoms with E-state index in [1.165, 1.54) is 0 Å². The van der Waals surface area contributed by atoms with Crippen LogP contribution in [0, 0.1) is 0 Å². The lowest BCUT2D eigenvalue weighted by Gasteiger charge is -2.16. The molecule has 0 spiro atoms. The molecule has 8 heteroatoms. The first-order valence-corrected chi connectivity index (χ1v) is 9.73. The third kappa shape index (κ3) is 9.09. The molecule has 7 nitrogen and oxygen atoms in total. The highest BCUT2D eigenvalue weighted by Gasteiger charge is 2.18. The van der Waals surface area contributed by atoms with E-state index in [9.17, 15) is 4.79 Å². The Hall–Kier alpha value is -1.55. The van der Waals surface area contributed by atoms with Crippen molar-refractivity contribution in [3.8, 4) is 5.75 Å². The van der Waals surface area contributed by atoms with Gasteiger partial charge in [-0.15, -0.1) is 24.0 Å². The summed E-state index contributed by atoms with van der Waals surface area (Å²) in [4.78, 5) is 18.2. The van der Waals surface area contributed by atoms with Gasteiger partial charge >= 0.3 is 0 Å². The minimum absolute atomic E-state index is 0. The van der Waals surface area contributed by atoms with Crippen LogP contribution in [0.4, 0.5) is 0 Å². The summed E-state index contributed by atoms with van der Waals surface area (Å²) in [5.41, 5.74) is 1.09. The molecule has 0 aliphatic carbocycles. The molecule has 1 aromatic carbocycles. The molecule has 1 fully saturated rings. The van der Waals surface area contributed by atoms with Gasteiger partial charge in [-0.05, 0) is 37.5 Å². The van der Waals surface area contributed by atoms with Gasteiger partial charge in [0.15, 0.2) is 5.96 Å². The molecule has 1 saturated heterocycles. The number of carbonyl (C=O) groups is 1. The average molecular weight is 504 g/mol. The predicted octanol–water partition coefficient (Wildman–Crippen LogP) is 2.40. The largest absolute Gasteiger partial charge is 0.491 e. The molecule has 1 heterocycles. The Morgan fingerprint density at radius 1 is 1.29 bits per heavy atom. The fraction of sp³-hybridized carbons (Fsp3) is 0.600. The fourth-order valence-corrected chi connectivity index (χ4v) is 2.91. The molecule has 0 saturated carbocycles. The summed E-state index contributed by atoms with van der Waals surface area (Å²) < 4.78 is 10.6. The molecule has 1 amide bonds. The number of amides is 1. The van der Waals surface area contributed by atoms with Crippen molar-refractivity contribution in [3.63, 3.8) is 0 Å². The third-order valence-corrected chi connectivity index (χ3v) is 4.29. The highest BCUT2D eigenvalue weighted by atomic mass is 127. The second-order valence-electron chi connectivity index (χ2n) is 6.45. The van der Waals surface area contributed by atoms with Crippen LogP contribution in [0.3, 0.4) is 0 Å². The van der Waals surface area contributed by atoms with Gasteiger partial charge in [-0.3, -0.25) is 4.79 Å². The van der Waals surface area contributed by atoms with Crippen LogP contribution in [0.2, 0.25) is 0 Å². The topological polar surface area (TPSA) is 75.2 Å². The van der Waals surface area contributed by atoms with E-state index >= 15 is 0 Å². The molecule has 0 radical (unpaired) electrons. The summed E-state index contributed by atoms with van der Waals surface area (Å²) in [7, 11) is 1.66. The molecular weight excluding hydrogens is 471 g/mol. The van der Waals surface area contributed by atoms with Crippen LogP contribution in [0.15, 0.2) is 29.3 Å². The molecule has 0 bridgehead atoms. The highest BCUT2D eigenvalue weighted by molar-refractivity contribution is 14.0. The number of methoxy groups -OCH3 is 1. The Kier molecular flexibility index (Phi) is 12.6. The van der Waals surface area contributed by atoms with E-state index in [1.54, 1.807) is 7.11 Å². The van der Waals surface area contributed by atoms with Crippen molar-refractivity contribution in [3.05, 3.63) is 29.8 Å². The van der Waals surface area contributed by atoms with E-state index in [1.807, 2.05) is 36.1 Å². The monoisotopic (exact) mass is 504 g/mol. The summed E-state index contributed by atoms with van der Waals surface area (Å²) in [5, 5.41) is 6.60. The third-order valence-electron chi connectivity index (χ3n) is 4.29. The van der Waals surface area contributed by atoms with Crippen LogP contribution >= 0.6 is 24.0 Å².